The molecule has 0 atom stereocenters. The first-order valence-electron chi connectivity index (χ1n) is 9.50. The van der Waals surface area contributed by atoms with Gasteiger partial charge in [-0.25, -0.2) is 19.6 Å². The van der Waals surface area contributed by atoms with Gasteiger partial charge in [0.1, 0.15) is 30.5 Å². The van der Waals surface area contributed by atoms with E-state index in [-0.39, 0.29) is 23.2 Å². The van der Waals surface area contributed by atoms with Crippen LogP contribution in [0.4, 0.5) is 17.2 Å². The van der Waals surface area contributed by atoms with E-state index in [2.05, 4.69) is 30.3 Å². The molecule has 154 valence electrons. The van der Waals surface area contributed by atoms with E-state index in [1.807, 2.05) is 6.07 Å². The molecule has 3 heterocycles. The Hall–Kier alpha value is -3.89. The molecule has 0 bridgehead atoms. The molecule has 30 heavy (non-hydrogen) atoms. The highest BCUT2D eigenvalue weighted by Crippen LogP contribution is 2.30. The molecular formula is C19H20N8O3. The number of rotatable bonds is 5. The Morgan fingerprint density at radius 2 is 1.97 bits per heavy atom. The number of nitro groups is 1. The maximum Gasteiger partial charge on any atom is 0.293 e. The van der Waals surface area contributed by atoms with Crippen LogP contribution in [-0.4, -0.2) is 48.7 Å². The number of benzene rings is 1. The van der Waals surface area contributed by atoms with Gasteiger partial charge in [0.15, 0.2) is 5.82 Å². The molecule has 1 fully saturated rings. The summed E-state index contributed by atoms with van der Waals surface area (Å²) in [6.45, 7) is 3.02. The molecule has 0 spiro atoms. The van der Waals surface area contributed by atoms with E-state index >= 15 is 0 Å². The van der Waals surface area contributed by atoms with E-state index in [9.17, 15) is 14.9 Å². The molecule has 1 aliphatic rings. The number of hydrogen-bond acceptors (Lipinski definition) is 8. The Morgan fingerprint density at radius 3 is 2.67 bits per heavy atom. The van der Waals surface area contributed by atoms with Gasteiger partial charge in [0.05, 0.1) is 4.92 Å². The van der Waals surface area contributed by atoms with Gasteiger partial charge in [0, 0.05) is 31.1 Å². The number of amides is 1. The van der Waals surface area contributed by atoms with Crippen LogP contribution in [0.5, 0.6) is 0 Å². The van der Waals surface area contributed by atoms with Crippen molar-refractivity contribution < 1.29 is 9.72 Å². The van der Waals surface area contributed by atoms with Crippen molar-refractivity contribution in [2.45, 2.75) is 19.8 Å². The predicted molar refractivity (Wildman–Crippen MR) is 108 cm³/mol. The van der Waals surface area contributed by atoms with Gasteiger partial charge in [0.2, 0.25) is 5.91 Å². The molecular weight excluding hydrogens is 388 g/mol. The summed E-state index contributed by atoms with van der Waals surface area (Å²) in [7, 11) is 0. The zero-order chi connectivity index (χ0) is 21.1. The second-order valence-corrected chi connectivity index (χ2v) is 7.05. The zero-order valence-electron chi connectivity index (χ0n) is 16.3. The number of para-hydroxylation sites is 1. The molecule has 1 saturated heterocycles. The standard InChI is InChI=1S/C19H20N8O3/c1-13-3-2-4-15(27(29)30)18(13)24-19(28)14-5-7-25(8-6-14)16-9-17(22-11-21-16)26-12-20-10-23-26/h2-4,9-12,14H,5-8H2,1H3,(H,24,28). The second kappa shape index (κ2) is 8.23. The summed E-state index contributed by atoms with van der Waals surface area (Å²) in [5, 5.41) is 18.1. The van der Waals surface area contributed by atoms with E-state index in [1.165, 1.54) is 18.7 Å². The lowest BCUT2D eigenvalue weighted by Crippen LogP contribution is -2.38. The molecule has 1 aromatic carbocycles. The van der Waals surface area contributed by atoms with Gasteiger partial charge < -0.3 is 10.2 Å². The van der Waals surface area contributed by atoms with Crippen LogP contribution in [0.2, 0.25) is 0 Å². The first kappa shape index (κ1) is 19.4. The highest BCUT2D eigenvalue weighted by Gasteiger charge is 2.28. The summed E-state index contributed by atoms with van der Waals surface area (Å²) in [4.78, 5) is 38.1. The number of anilines is 2. The smallest absolute Gasteiger partial charge is 0.293 e. The van der Waals surface area contributed by atoms with Crippen molar-refractivity contribution in [1.82, 2.24) is 24.7 Å². The zero-order valence-corrected chi connectivity index (χ0v) is 16.3. The van der Waals surface area contributed by atoms with Gasteiger partial charge in [-0.2, -0.15) is 5.10 Å². The number of aromatic nitrogens is 5. The molecule has 0 saturated carbocycles. The molecule has 4 rings (SSSR count). The average Bonchev–Trinajstić information content (AvgIpc) is 3.30. The summed E-state index contributed by atoms with van der Waals surface area (Å²) in [5.74, 6) is 0.947. The Bertz CT molecular complexity index is 1060. The number of piperidine rings is 1. The number of hydrogen-bond donors (Lipinski definition) is 1. The highest BCUT2D eigenvalue weighted by atomic mass is 16.6. The van der Waals surface area contributed by atoms with Gasteiger partial charge in [-0.3, -0.25) is 14.9 Å². The summed E-state index contributed by atoms with van der Waals surface area (Å²) < 4.78 is 1.56. The van der Waals surface area contributed by atoms with Gasteiger partial charge in [0.25, 0.3) is 5.69 Å². The molecule has 0 aliphatic carbocycles. The average molecular weight is 408 g/mol. The molecule has 0 radical (unpaired) electrons. The summed E-state index contributed by atoms with van der Waals surface area (Å²) in [6.07, 6.45) is 5.71. The molecule has 1 amide bonds. The van der Waals surface area contributed by atoms with Gasteiger partial charge in [-0.05, 0) is 25.3 Å². The second-order valence-electron chi connectivity index (χ2n) is 7.05. The maximum absolute atomic E-state index is 12.8. The monoisotopic (exact) mass is 408 g/mol. The van der Waals surface area contributed by atoms with Crippen molar-refractivity contribution in [1.29, 1.82) is 0 Å². The van der Waals surface area contributed by atoms with E-state index in [4.69, 9.17) is 0 Å². The van der Waals surface area contributed by atoms with Crippen molar-refractivity contribution in [2.24, 2.45) is 5.92 Å². The van der Waals surface area contributed by atoms with Gasteiger partial charge in [-0.15, -0.1) is 0 Å². The summed E-state index contributed by atoms with van der Waals surface area (Å²) in [6, 6.07) is 6.57. The summed E-state index contributed by atoms with van der Waals surface area (Å²) >= 11 is 0. The molecule has 11 heteroatoms. The number of nitro benzene ring substituents is 1. The highest BCUT2D eigenvalue weighted by molar-refractivity contribution is 5.95. The van der Waals surface area contributed by atoms with Crippen LogP contribution in [0, 0.1) is 23.0 Å². The Labute approximate surface area is 171 Å². The lowest BCUT2D eigenvalue weighted by molar-refractivity contribution is -0.384. The molecule has 1 N–H and O–H groups in total. The van der Waals surface area contributed by atoms with Crippen LogP contribution in [0.15, 0.2) is 43.2 Å². The SMILES string of the molecule is Cc1cccc([N+](=O)[O-])c1NC(=O)C1CCN(c2cc(-n3cncn3)ncn2)CC1. The minimum absolute atomic E-state index is 0.0950. The fraction of sp³-hybridized carbons (Fsp3) is 0.316. The normalized spacial score (nSPS) is 14.5. The third-order valence-electron chi connectivity index (χ3n) is 5.18. The third kappa shape index (κ3) is 3.95. The Kier molecular flexibility index (Phi) is 5.33. The maximum atomic E-state index is 12.8. The van der Waals surface area contributed by atoms with Crippen molar-refractivity contribution in [2.75, 3.05) is 23.3 Å². The number of carbonyl (C=O) groups excluding carboxylic acids is 1. The number of carbonyl (C=O) groups is 1. The number of aryl methyl sites for hydroxylation is 1. The van der Waals surface area contributed by atoms with Gasteiger partial charge >= 0.3 is 0 Å². The van der Waals surface area contributed by atoms with Crippen LogP contribution in [0.25, 0.3) is 5.82 Å². The molecule has 3 aromatic rings. The molecule has 11 nitrogen and oxygen atoms in total. The van der Waals surface area contributed by atoms with Crippen molar-refractivity contribution in [3.05, 3.63) is 58.9 Å². The van der Waals surface area contributed by atoms with Crippen molar-refractivity contribution >= 4 is 23.1 Å². The lowest BCUT2D eigenvalue weighted by Gasteiger charge is -2.32. The molecule has 2 aromatic heterocycles. The number of nitrogens with one attached hydrogen (secondary N) is 1. The minimum atomic E-state index is -0.479. The van der Waals surface area contributed by atoms with E-state index < -0.39 is 4.92 Å². The van der Waals surface area contributed by atoms with Crippen LogP contribution < -0.4 is 10.2 Å². The Balaban J connectivity index is 1.41. The van der Waals surface area contributed by atoms with E-state index in [0.717, 1.165) is 5.82 Å². The summed E-state index contributed by atoms with van der Waals surface area (Å²) in [5.41, 5.74) is 0.835. The molecule has 1 aliphatic heterocycles. The van der Waals surface area contributed by atoms with Crippen LogP contribution in [-0.2, 0) is 4.79 Å². The van der Waals surface area contributed by atoms with Gasteiger partial charge in [-0.1, -0.05) is 12.1 Å². The van der Waals surface area contributed by atoms with Crippen LogP contribution in [0.3, 0.4) is 0 Å². The fourth-order valence-corrected chi connectivity index (χ4v) is 3.53. The predicted octanol–water partition coefficient (Wildman–Crippen LogP) is 2.13. The minimum Gasteiger partial charge on any atom is -0.356 e. The van der Waals surface area contributed by atoms with E-state index in [1.54, 1.807) is 30.1 Å². The van der Waals surface area contributed by atoms with Crippen molar-refractivity contribution in [3.8, 4) is 5.82 Å². The van der Waals surface area contributed by atoms with Crippen LogP contribution in [0.1, 0.15) is 18.4 Å². The van der Waals surface area contributed by atoms with E-state index in [0.29, 0.717) is 37.3 Å². The first-order valence-corrected chi connectivity index (χ1v) is 9.50. The third-order valence-corrected chi connectivity index (χ3v) is 5.18. The van der Waals surface area contributed by atoms with Crippen molar-refractivity contribution in [3.63, 3.8) is 0 Å². The quantitative estimate of drug-likeness (QED) is 0.501. The first-order chi connectivity index (χ1) is 14.5. The number of nitrogens with zero attached hydrogens (tertiary/aromatic N) is 7. The van der Waals surface area contributed by atoms with Crippen LogP contribution >= 0.6 is 0 Å². The topological polar surface area (TPSA) is 132 Å². The Morgan fingerprint density at radius 1 is 1.20 bits per heavy atom. The fourth-order valence-electron chi connectivity index (χ4n) is 3.53. The largest absolute Gasteiger partial charge is 0.356 e. The lowest BCUT2D eigenvalue weighted by atomic mass is 9.95. The molecule has 0 unspecified atom stereocenters.